The van der Waals surface area contributed by atoms with E-state index in [9.17, 15) is 29.4 Å². The van der Waals surface area contributed by atoms with Crippen molar-refractivity contribution in [2.75, 3.05) is 5.75 Å². The maximum atomic E-state index is 13.3. The Bertz CT molecular complexity index is 2180. The zero-order valence-corrected chi connectivity index (χ0v) is 31.1. The fourth-order valence-electron chi connectivity index (χ4n) is 6.77. The number of carbonyl (C=O) groups is 4. The number of nitrogens with one attached hydrogen (secondary N) is 1. The second-order valence-electron chi connectivity index (χ2n) is 13.5. The quantitative estimate of drug-likeness (QED) is 0.0814. The molecule has 2 aliphatic heterocycles. The molecule has 1 unspecified atom stereocenters. The Morgan fingerprint density at radius 3 is 2.25 bits per heavy atom. The third kappa shape index (κ3) is 9.18. The van der Waals surface area contributed by atoms with Crippen LogP contribution in [0.2, 0.25) is 0 Å². The minimum absolute atomic E-state index is 0.0305. The highest BCUT2D eigenvalue weighted by Crippen LogP contribution is 2.40. The summed E-state index contributed by atoms with van der Waals surface area (Å²) in [5.41, 5.74) is 5.99. The summed E-state index contributed by atoms with van der Waals surface area (Å²) in [5, 5.41) is 21.8. The summed E-state index contributed by atoms with van der Waals surface area (Å²) in [6, 6.07) is 37.9. The number of likely N-dealkylation sites (tertiary alicyclic amines) is 1. The third-order valence-electron chi connectivity index (χ3n) is 9.75. The number of hydrogen-bond donors (Lipinski definition) is 3. The number of carbonyl (C=O) groups excluding carboxylic acids is 3. The molecular formula is C44H40N2O9S. The molecule has 4 atom stereocenters. The van der Waals surface area contributed by atoms with E-state index in [0.29, 0.717) is 17.1 Å². The van der Waals surface area contributed by atoms with Crippen LogP contribution in [0.15, 0.2) is 132 Å². The monoisotopic (exact) mass is 772 g/mol. The summed E-state index contributed by atoms with van der Waals surface area (Å²) in [5.74, 6) is -1.37. The molecule has 5 aromatic rings. The van der Waals surface area contributed by atoms with Gasteiger partial charge in [0.2, 0.25) is 5.91 Å². The Morgan fingerprint density at radius 2 is 1.50 bits per heavy atom. The van der Waals surface area contributed by atoms with Crippen molar-refractivity contribution >= 4 is 35.6 Å². The van der Waals surface area contributed by atoms with E-state index in [1.54, 1.807) is 18.2 Å². The summed E-state index contributed by atoms with van der Waals surface area (Å²) in [4.78, 5) is 52.5. The van der Waals surface area contributed by atoms with Crippen LogP contribution in [0.5, 0.6) is 0 Å². The molecule has 56 heavy (non-hydrogen) atoms. The Balaban J connectivity index is 1.04. The molecule has 0 aliphatic carbocycles. The molecule has 2 saturated heterocycles. The molecule has 5 aromatic carbocycles. The first-order valence-electron chi connectivity index (χ1n) is 18.2. The van der Waals surface area contributed by atoms with Crippen LogP contribution in [0.3, 0.4) is 0 Å². The molecule has 3 N–H and O–H groups in total. The smallest absolute Gasteiger partial charge is 0.408 e. The number of imide groups is 1. The van der Waals surface area contributed by atoms with Crippen LogP contribution in [-0.2, 0) is 43.6 Å². The molecule has 2 aliphatic rings. The number of carboxylic acids is 1. The summed E-state index contributed by atoms with van der Waals surface area (Å²) < 4.78 is 18.3. The second kappa shape index (κ2) is 17.8. The Kier molecular flexibility index (Phi) is 12.2. The molecule has 286 valence electrons. The van der Waals surface area contributed by atoms with E-state index in [4.69, 9.17) is 14.2 Å². The number of rotatable bonds is 13. The lowest BCUT2D eigenvalue weighted by molar-refractivity contribution is -0.245. The average molecular weight is 773 g/mol. The van der Waals surface area contributed by atoms with Crippen LogP contribution >= 0.6 is 11.8 Å². The van der Waals surface area contributed by atoms with Gasteiger partial charge in [0.25, 0.3) is 5.91 Å². The highest BCUT2D eigenvalue weighted by Gasteiger charge is 2.40. The molecule has 0 radical (unpaired) electrons. The predicted molar refractivity (Wildman–Crippen MR) is 208 cm³/mol. The average Bonchev–Trinajstić information content (AvgIpc) is 3.49. The maximum absolute atomic E-state index is 13.3. The van der Waals surface area contributed by atoms with E-state index in [1.807, 2.05) is 109 Å². The number of nitrogens with zero attached hydrogens (tertiary/aromatic N) is 1. The zero-order chi connectivity index (χ0) is 39.0. The molecule has 0 saturated carbocycles. The Hall–Kier alpha value is -5.79. The van der Waals surface area contributed by atoms with Gasteiger partial charge in [-0.2, -0.15) is 0 Å². The van der Waals surface area contributed by atoms with Crippen LogP contribution in [0.1, 0.15) is 63.4 Å². The van der Waals surface area contributed by atoms with Gasteiger partial charge in [-0.25, -0.2) is 9.59 Å². The van der Waals surface area contributed by atoms with E-state index in [0.717, 1.165) is 38.9 Å². The minimum Gasteiger partial charge on any atom is -0.478 e. The van der Waals surface area contributed by atoms with Crippen molar-refractivity contribution in [2.24, 2.45) is 0 Å². The van der Waals surface area contributed by atoms with Crippen molar-refractivity contribution in [1.29, 1.82) is 0 Å². The van der Waals surface area contributed by atoms with Gasteiger partial charge in [-0.15, -0.1) is 11.8 Å². The number of aromatic carboxylic acids is 1. The fourth-order valence-corrected chi connectivity index (χ4v) is 7.84. The first kappa shape index (κ1) is 38.5. The van der Waals surface area contributed by atoms with Crippen LogP contribution in [0, 0.1) is 0 Å². The van der Waals surface area contributed by atoms with E-state index in [-0.39, 0.29) is 49.9 Å². The van der Waals surface area contributed by atoms with Crippen LogP contribution < -0.4 is 5.32 Å². The number of thioether (sulfide) groups is 1. The van der Waals surface area contributed by atoms with Gasteiger partial charge in [-0.1, -0.05) is 115 Å². The Morgan fingerprint density at radius 1 is 0.804 bits per heavy atom. The van der Waals surface area contributed by atoms with E-state index in [2.05, 4.69) is 5.32 Å². The standard InChI is InChI=1S/C44H40N2O9S/c47-25-28-14-16-31(17-15-28)38-22-34(27-56-39-13-7-6-12-36(39)42(50)51)54-43(55-38)32-20-18-30(19-21-32)35-11-5-4-10-33(35)24-46-40(48)23-37(41(46)49)45-44(52)53-26-29-8-2-1-3-9-29/h1-21,34,37-38,43,47H,22-27H2,(H,45,52)(H,50,51)/t34-,37?,38+,43+/m0/s1. The number of alkyl carbamates (subject to hydrolysis) is 1. The lowest BCUT2D eigenvalue weighted by Crippen LogP contribution is -2.41. The molecule has 0 spiro atoms. The first-order chi connectivity index (χ1) is 27.2. The van der Waals surface area contributed by atoms with E-state index in [1.165, 1.54) is 16.7 Å². The van der Waals surface area contributed by atoms with Gasteiger partial charge in [0.1, 0.15) is 12.6 Å². The van der Waals surface area contributed by atoms with Gasteiger partial charge >= 0.3 is 12.1 Å². The largest absolute Gasteiger partial charge is 0.478 e. The number of aliphatic hydroxyl groups excluding tert-OH is 1. The SMILES string of the molecule is O=C(NC1CC(=O)N(Cc2ccccc2-c2ccc([C@@H]3O[C@H](CSc4ccccc4C(=O)O)C[C@H](c4ccc(CO)cc4)O3)cc2)C1=O)OCc1ccccc1. The third-order valence-corrected chi connectivity index (χ3v) is 11.0. The van der Waals surface area contributed by atoms with Gasteiger partial charge < -0.3 is 29.7 Å². The molecule has 0 bridgehead atoms. The van der Waals surface area contributed by atoms with Gasteiger partial charge in [-0.3, -0.25) is 14.5 Å². The van der Waals surface area contributed by atoms with Crippen molar-refractivity contribution in [2.45, 2.75) is 62.0 Å². The summed E-state index contributed by atoms with van der Waals surface area (Å²) in [7, 11) is 0. The highest BCUT2D eigenvalue weighted by atomic mass is 32.2. The van der Waals surface area contributed by atoms with Gasteiger partial charge in [0, 0.05) is 22.6 Å². The molecule has 2 fully saturated rings. The van der Waals surface area contributed by atoms with Gasteiger partial charge in [0.05, 0.1) is 37.3 Å². The van der Waals surface area contributed by atoms with Crippen molar-refractivity contribution in [1.82, 2.24) is 10.2 Å². The topological polar surface area (TPSA) is 152 Å². The number of ether oxygens (including phenoxy) is 3. The number of amides is 3. The van der Waals surface area contributed by atoms with Crippen molar-refractivity contribution in [3.05, 3.63) is 161 Å². The molecule has 3 amide bonds. The summed E-state index contributed by atoms with van der Waals surface area (Å²) in [6.45, 7) is 0.00586. The van der Waals surface area contributed by atoms with Crippen molar-refractivity contribution < 1.29 is 43.6 Å². The molecule has 2 heterocycles. The zero-order valence-electron chi connectivity index (χ0n) is 30.3. The molecule has 12 heteroatoms. The van der Waals surface area contributed by atoms with Gasteiger partial charge in [0.15, 0.2) is 6.29 Å². The van der Waals surface area contributed by atoms with Crippen LogP contribution in [0.4, 0.5) is 4.79 Å². The number of hydrogen-bond acceptors (Lipinski definition) is 9. The summed E-state index contributed by atoms with van der Waals surface area (Å²) >= 11 is 1.43. The predicted octanol–water partition coefficient (Wildman–Crippen LogP) is 7.44. The fraction of sp³-hybridized carbons (Fsp3) is 0.227. The van der Waals surface area contributed by atoms with Crippen LogP contribution in [0.25, 0.3) is 11.1 Å². The lowest BCUT2D eigenvalue weighted by Gasteiger charge is -2.36. The summed E-state index contributed by atoms with van der Waals surface area (Å²) in [6.07, 6.45) is -1.70. The van der Waals surface area contributed by atoms with Crippen molar-refractivity contribution in [3.8, 4) is 11.1 Å². The highest BCUT2D eigenvalue weighted by molar-refractivity contribution is 7.99. The first-order valence-corrected chi connectivity index (χ1v) is 19.2. The molecule has 7 rings (SSSR count). The van der Waals surface area contributed by atoms with E-state index < -0.39 is 30.3 Å². The van der Waals surface area contributed by atoms with Crippen molar-refractivity contribution in [3.63, 3.8) is 0 Å². The second-order valence-corrected chi connectivity index (χ2v) is 14.6. The number of aliphatic hydroxyl groups is 1. The normalized spacial score (nSPS) is 19.5. The maximum Gasteiger partial charge on any atom is 0.408 e. The lowest BCUT2D eigenvalue weighted by atomic mass is 9.97. The Labute approximate surface area is 328 Å². The van der Waals surface area contributed by atoms with Crippen LogP contribution in [-0.4, -0.2) is 56.9 Å². The van der Waals surface area contributed by atoms with Gasteiger partial charge in [-0.05, 0) is 45.5 Å². The molecule has 11 nitrogen and oxygen atoms in total. The van der Waals surface area contributed by atoms with E-state index >= 15 is 0 Å². The number of carboxylic acid groups (broad SMARTS) is 1. The molecular weight excluding hydrogens is 733 g/mol. The molecule has 0 aromatic heterocycles. The minimum atomic E-state index is -1.02. The number of benzene rings is 5.